The minimum absolute atomic E-state index is 0.264. The molecule has 0 saturated heterocycles. The van der Waals surface area contributed by atoms with Crippen molar-refractivity contribution in [1.29, 1.82) is 0 Å². The molecule has 0 spiro atoms. The van der Waals surface area contributed by atoms with Crippen molar-refractivity contribution in [2.75, 3.05) is 12.0 Å². The Morgan fingerprint density at radius 3 is 2.80 bits per heavy atom. The van der Waals surface area contributed by atoms with Gasteiger partial charge in [-0.15, -0.1) is 0 Å². The van der Waals surface area contributed by atoms with Crippen molar-refractivity contribution in [1.82, 2.24) is 5.32 Å². The summed E-state index contributed by atoms with van der Waals surface area (Å²) in [7, 11) is 0. The zero-order valence-corrected chi connectivity index (χ0v) is 9.93. The van der Waals surface area contributed by atoms with Crippen molar-refractivity contribution < 1.29 is 9.90 Å². The first-order valence-corrected chi connectivity index (χ1v) is 6.77. The molecule has 1 saturated carbocycles. The van der Waals surface area contributed by atoms with Crippen molar-refractivity contribution in [2.45, 2.75) is 43.9 Å². The number of amides is 1. The number of carbonyl (C=O) groups excluding carboxylic acids is 1. The number of nitrogens with two attached hydrogens (primary N) is 1. The van der Waals surface area contributed by atoms with Gasteiger partial charge in [0.1, 0.15) is 6.10 Å². The molecule has 0 radical (unpaired) electrons. The highest BCUT2D eigenvalue weighted by Gasteiger charge is 2.26. The van der Waals surface area contributed by atoms with Gasteiger partial charge in [0.2, 0.25) is 0 Å². The van der Waals surface area contributed by atoms with Crippen molar-refractivity contribution in [3.05, 3.63) is 0 Å². The number of rotatable bonds is 6. The second-order valence-corrected chi connectivity index (χ2v) is 5.01. The van der Waals surface area contributed by atoms with Gasteiger partial charge in [-0.05, 0) is 37.7 Å². The number of nitrogens with one attached hydrogen (secondary N) is 1. The Kier molecular flexibility index (Phi) is 5.42. The fraction of sp³-hybridized carbons (Fsp3) is 0.900. The van der Waals surface area contributed by atoms with Crippen LogP contribution in [-0.2, 0) is 4.79 Å². The largest absolute Gasteiger partial charge is 0.382 e. The van der Waals surface area contributed by atoms with Gasteiger partial charge in [-0.1, -0.05) is 0 Å². The Morgan fingerprint density at radius 2 is 2.33 bits per heavy atom. The van der Waals surface area contributed by atoms with Gasteiger partial charge >= 0.3 is 0 Å². The predicted molar refractivity (Wildman–Crippen MR) is 62.8 cm³/mol. The second kappa shape index (κ2) is 6.35. The minimum atomic E-state index is -1.06. The summed E-state index contributed by atoms with van der Waals surface area (Å²) in [6.07, 6.45) is 4.81. The molecule has 1 aliphatic rings. The topological polar surface area (TPSA) is 75.3 Å². The van der Waals surface area contributed by atoms with Gasteiger partial charge in [-0.25, -0.2) is 0 Å². The Hall–Kier alpha value is -0.260. The summed E-state index contributed by atoms with van der Waals surface area (Å²) in [6, 6.07) is -0.183. The molecule has 88 valence electrons. The standard InChI is InChI=1S/C10H20N2O2S/c1-15-6-5-8(11)9(13)10(14)12-7-3-2-4-7/h7-9,13H,2-6,11H2,1H3,(H,12,14)/t8-,9-/m0/s1. The number of carbonyl (C=O) groups is 1. The number of thioether (sulfide) groups is 1. The molecule has 0 aromatic rings. The van der Waals surface area contributed by atoms with E-state index in [0.717, 1.165) is 18.6 Å². The molecule has 1 amide bonds. The highest BCUT2D eigenvalue weighted by Crippen LogP contribution is 2.18. The third kappa shape index (κ3) is 4.01. The van der Waals surface area contributed by atoms with Gasteiger partial charge in [0.05, 0.1) is 0 Å². The first-order chi connectivity index (χ1) is 7.15. The fourth-order valence-electron chi connectivity index (χ4n) is 1.45. The van der Waals surface area contributed by atoms with Gasteiger partial charge in [-0.3, -0.25) is 4.79 Å². The van der Waals surface area contributed by atoms with Gasteiger partial charge in [0.25, 0.3) is 5.91 Å². The molecule has 4 nitrogen and oxygen atoms in total. The van der Waals surface area contributed by atoms with Gasteiger partial charge in [0.15, 0.2) is 0 Å². The Balaban J connectivity index is 2.23. The van der Waals surface area contributed by atoms with Crippen LogP contribution in [0.15, 0.2) is 0 Å². The molecule has 1 aliphatic carbocycles. The first-order valence-electron chi connectivity index (χ1n) is 5.38. The van der Waals surface area contributed by atoms with Crippen LogP contribution in [0.25, 0.3) is 0 Å². The van der Waals surface area contributed by atoms with Gasteiger partial charge in [-0.2, -0.15) is 11.8 Å². The van der Waals surface area contributed by atoms with Crippen molar-refractivity contribution >= 4 is 17.7 Å². The van der Waals surface area contributed by atoms with E-state index in [-0.39, 0.29) is 11.9 Å². The lowest BCUT2D eigenvalue weighted by atomic mass is 9.93. The molecule has 0 unspecified atom stereocenters. The van der Waals surface area contributed by atoms with E-state index in [1.807, 2.05) is 6.26 Å². The number of hydrogen-bond acceptors (Lipinski definition) is 4. The van der Waals surface area contributed by atoms with Crippen LogP contribution in [0.5, 0.6) is 0 Å². The summed E-state index contributed by atoms with van der Waals surface area (Å²) >= 11 is 1.67. The van der Waals surface area contributed by atoms with Crippen molar-refractivity contribution in [2.24, 2.45) is 5.73 Å². The summed E-state index contributed by atoms with van der Waals surface area (Å²) < 4.78 is 0. The molecule has 0 aromatic carbocycles. The number of aliphatic hydroxyl groups excluding tert-OH is 1. The Morgan fingerprint density at radius 1 is 1.67 bits per heavy atom. The average molecular weight is 232 g/mol. The lowest BCUT2D eigenvalue weighted by Crippen LogP contribution is -2.51. The zero-order chi connectivity index (χ0) is 11.3. The molecule has 15 heavy (non-hydrogen) atoms. The summed E-state index contributed by atoms with van der Waals surface area (Å²) in [6.45, 7) is 0. The Bertz CT molecular complexity index is 210. The maximum absolute atomic E-state index is 11.5. The monoisotopic (exact) mass is 232 g/mol. The van der Waals surface area contributed by atoms with E-state index in [9.17, 15) is 9.90 Å². The SMILES string of the molecule is CSCC[C@H](N)[C@H](O)C(=O)NC1CCC1. The summed E-state index contributed by atoms with van der Waals surface area (Å²) in [5.74, 6) is 0.558. The maximum atomic E-state index is 11.5. The molecule has 1 rings (SSSR count). The van der Waals surface area contributed by atoms with Gasteiger partial charge < -0.3 is 16.2 Å². The molecule has 0 aliphatic heterocycles. The van der Waals surface area contributed by atoms with E-state index >= 15 is 0 Å². The molecule has 2 atom stereocenters. The van der Waals surface area contributed by atoms with E-state index in [4.69, 9.17) is 5.73 Å². The quantitative estimate of drug-likeness (QED) is 0.607. The molecule has 0 heterocycles. The lowest BCUT2D eigenvalue weighted by molar-refractivity contribution is -0.131. The average Bonchev–Trinajstić information content (AvgIpc) is 2.18. The van der Waals surface area contributed by atoms with Crippen LogP contribution in [0.2, 0.25) is 0 Å². The number of hydrogen-bond donors (Lipinski definition) is 3. The van der Waals surface area contributed by atoms with Crippen LogP contribution in [0, 0.1) is 0 Å². The molecular weight excluding hydrogens is 212 g/mol. The first kappa shape index (κ1) is 12.8. The highest BCUT2D eigenvalue weighted by atomic mass is 32.2. The third-order valence-electron chi connectivity index (χ3n) is 2.78. The van der Waals surface area contributed by atoms with E-state index in [1.165, 1.54) is 6.42 Å². The minimum Gasteiger partial charge on any atom is -0.382 e. The number of aliphatic hydroxyl groups is 1. The third-order valence-corrected chi connectivity index (χ3v) is 3.42. The van der Waals surface area contributed by atoms with E-state index < -0.39 is 12.1 Å². The van der Waals surface area contributed by atoms with Crippen LogP contribution in [0.1, 0.15) is 25.7 Å². The summed E-state index contributed by atoms with van der Waals surface area (Å²) in [5, 5.41) is 12.4. The molecule has 1 fully saturated rings. The molecule has 5 heteroatoms. The summed E-state index contributed by atoms with van der Waals surface area (Å²) in [4.78, 5) is 11.5. The van der Waals surface area contributed by atoms with Crippen LogP contribution in [0.3, 0.4) is 0 Å². The van der Waals surface area contributed by atoms with Gasteiger partial charge in [0, 0.05) is 12.1 Å². The van der Waals surface area contributed by atoms with Crippen molar-refractivity contribution in [3.63, 3.8) is 0 Å². The predicted octanol–water partition coefficient (Wildman–Crippen LogP) is 0.0964. The summed E-state index contributed by atoms with van der Waals surface area (Å²) in [5.41, 5.74) is 5.72. The van der Waals surface area contributed by atoms with E-state index in [1.54, 1.807) is 11.8 Å². The fourth-order valence-corrected chi connectivity index (χ4v) is 1.95. The van der Waals surface area contributed by atoms with Crippen molar-refractivity contribution in [3.8, 4) is 0 Å². The second-order valence-electron chi connectivity index (χ2n) is 4.03. The molecule has 0 bridgehead atoms. The van der Waals surface area contributed by atoms with Crippen LogP contribution in [-0.4, -0.2) is 41.2 Å². The smallest absolute Gasteiger partial charge is 0.250 e. The Labute approximate surface area is 95.0 Å². The highest BCUT2D eigenvalue weighted by molar-refractivity contribution is 7.98. The maximum Gasteiger partial charge on any atom is 0.250 e. The van der Waals surface area contributed by atoms with Crippen LogP contribution < -0.4 is 11.1 Å². The molecule has 0 aromatic heterocycles. The lowest BCUT2D eigenvalue weighted by Gasteiger charge is -2.28. The van der Waals surface area contributed by atoms with Crippen LogP contribution in [0.4, 0.5) is 0 Å². The van der Waals surface area contributed by atoms with E-state index in [0.29, 0.717) is 6.42 Å². The van der Waals surface area contributed by atoms with E-state index in [2.05, 4.69) is 5.32 Å². The normalized spacial score (nSPS) is 20.5. The molecular formula is C10H20N2O2S. The molecule has 4 N–H and O–H groups in total. The zero-order valence-electron chi connectivity index (χ0n) is 9.11. The van der Waals surface area contributed by atoms with Crippen LogP contribution >= 0.6 is 11.8 Å².